The molecule has 0 fully saturated rings. The van der Waals surface area contributed by atoms with Gasteiger partial charge in [-0.3, -0.25) is 14.6 Å². The van der Waals surface area contributed by atoms with Gasteiger partial charge in [0, 0.05) is 11.6 Å². The summed E-state index contributed by atoms with van der Waals surface area (Å²) in [5, 5.41) is 11.6. The smallest absolute Gasteiger partial charge is 0.293 e. The van der Waals surface area contributed by atoms with E-state index in [1.807, 2.05) is 31.2 Å². The van der Waals surface area contributed by atoms with Crippen molar-refractivity contribution in [1.29, 1.82) is 0 Å². The molecule has 8 heteroatoms. The maximum Gasteiger partial charge on any atom is 0.293 e. The first-order valence-electron chi connectivity index (χ1n) is 7.67. The van der Waals surface area contributed by atoms with Crippen LogP contribution < -0.4 is 10.9 Å². The summed E-state index contributed by atoms with van der Waals surface area (Å²) in [5.41, 5.74) is 2.50. The molecule has 0 radical (unpaired) electrons. The van der Waals surface area contributed by atoms with E-state index in [1.165, 1.54) is 17.0 Å². The quantitative estimate of drug-likeness (QED) is 0.611. The van der Waals surface area contributed by atoms with Gasteiger partial charge in [-0.25, -0.2) is 9.20 Å². The van der Waals surface area contributed by atoms with E-state index in [4.69, 9.17) is 0 Å². The molecule has 0 atom stereocenters. The Morgan fingerprint density at radius 2 is 2.04 bits per heavy atom. The second kappa shape index (κ2) is 5.82. The summed E-state index contributed by atoms with van der Waals surface area (Å²) in [6.07, 6.45) is 4.62. The van der Waals surface area contributed by atoms with Gasteiger partial charge in [0.15, 0.2) is 0 Å². The van der Waals surface area contributed by atoms with Crippen molar-refractivity contribution in [2.75, 3.05) is 5.32 Å². The highest BCUT2D eigenvalue weighted by Gasteiger charge is 2.11. The number of fused-ring (bicyclic) bond motifs is 2. The largest absolute Gasteiger partial charge is 0.324 e. The van der Waals surface area contributed by atoms with E-state index in [0.29, 0.717) is 11.2 Å². The minimum atomic E-state index is -0.370. The van der Waals surface area contributed by atoms with Crippen molar-refractivity contribution in [3.8, 4) is 0 Å². The Kier molecular flexibility index (Phi) is 3.50. The number of anilines is 1. The molecular weight excluding hydrogens is 320 g/mol. The average molecular weight is 334 g/mol. The van der Waals surface area contributed by atoms with Crippen LogP contribution in [0.2, 0.25) is 0 Å². The standard InChI is InChI=1S/C17H14N6O2/c1-11-4-5-13(12-3-2-7-18-16(11)12)21-15(24)9-22-17(25)14-6-8-19-23(14)10-20-22/h2-8,10H,9H2,1H3,(H,21,24). The molecule has 4 aromatic rings. The molecule has 124 valence electrons. The zero-order valence-corrected chi connectivity index (χ0v) is 13.4. The van der Waals surface area contributed by atoms with Crippen LogP contribution in [0.1, 0.15) is 5.56 Å². The van der Waals surface area contributed by atoms with E-state index in [9.17, 15) is 9.59 Å². The number of amides is 1. The van der Waals surface area contributed by atoms with Crippen LogP contribution in [0.25, 0.3) is 16.4 Å². The molecule has 3 heterocycles. The van der Waals surface area contributed by atoms with Crippen LogP contribution in [-0.4, -0.2) is 30.3 Å². The van der Waals surface area contributed by atoms with Crippen LogP contribution in [0.3, 0.4) is 0 Å². The lowest BCUT2D eigenvalue weighted by Gasteiger charge is -2.10. The summed E-state index contributed by atoms with van der Waals surface area (Å²) >= 11 is 0. The van der Waals surface area contributed by atoms with Crippen LogP contribution in [-0.2, 0) is 11.3 Å². The van der Waals surface area contributed by atoms with Gasteiger partial charge in [-0.1, -0.05) is 6.07 Å². The Labute approximate surface area is 141 Å². The third-order valence-corrected chi connectivity index (χ3v) is 3.96. The summed E-state index contributed by atoms with van der Waals surface area (Å²) in [5.74, 6) is -0.340. The van der Waals surface area contributed by atoms with Crippen LogP contribution in [0, 0.1) is 6.92 Å². The van der Waals surface area contributed by atoms with Crippen molar-refractivity contribution in [3.05, 3.63) is 65.0 Å². The first-order valence-corrected chi connectivity index (χ1v) is 7.67. The highest BCUT2D eigenvalue weighted by Crippen LogP contribution is 2.24. The Balaban J connectivity index is 1.63. The third kappa shape index (κ3) is 2.63. The lowest BCUT2D eigenvalue weighted by Crippen LogP contribution is -2.30. The van der Waals surface area contributed by atoms with Gasteiger partial charge >= 0.3 is 0 Å². The maximum absolute atomic E-state index is 12.4. The minimum absolute atomic E-state index is 0.184. The van der Waals surface area contributed by atoms with Gasteiger partial charge in [-0.15, -0.1) is 0 Å². The molecule has 8 nitrogen and oxygen atoms in total. The van der Waals surface area contributed by atoms with E-state index in [-0.39, 0.29) is 18.0 Å². The monoisotopic (exact) mass is 334 g/mol. The number of nitrogens with zero attached hydrogens (tertiary/aromatic N) is 5. The molecule has 1 N–H and O–H groups in total. The highest BCUT2D eigenvalue weighted by molar-refractivity contribution is 6.01. The Morgan fingerprint density at radius 1 is 1.16 bits per heavy atom. The predicted octanol–water partition coefficient (Wildman–Crippen LogP) is 1.39. The van der Waals surface area contributed by atoms with Crippen molar-refractivity contribution in [1.82, 2.24) is 24.4 Å². The number of nitrogens with one attached hydrogen (secondary N) is 1. The molecular formula is C17H14N6O2. The van der Waals surface area contributed by atoms with Gasteiger partial charge in [-0.05, 0) is 36.8 Å². The molecule has 4 rings (SSSR count). The predicted molar refractivity (Wildman–Crippen MR) is 92.4 cm³/mol. The number of hydrogen-bond acceptors (Lipinski definition) is 5. The van der Waals surface area contributed by atoms with Gasteiger partial charge < -0.3 is 5.32 Å². The summed E-state index contributed by atoms with van der Waals surface area (Å²) in [7, 11) is 0. The number of aryl methyl sites for hydroxylation is 1. The van der Waals surface area contributed by atoms with E-state index in [0.717, 1.165) is 21.1 Å². The van der Waals surface area contributed by atoms with E-state index in [1.54, 1.807) is 12.3 Å². The van der Waals surface area contributed by atoms with Gasteiger partial charge in [0.1, 0.15) is 18.4 Å². The fraction of sp³-hybridized carbons (Fsp3) is 0.118. The Morgan fingerprint density at radius 3 is 2.92 bits per heavy atom. The molecule has 0 unspecified atom stereocenters. The summed E-state index contributed by atoms with van der Waals surface area (Å²) in [6.45, 7) is 1.78. The van der Waals surface area contributed by atoms with Crippen molar-refractivity contribution in [2.24, 2.45) is 0 Å². The number of aromatic nitrogens is 5. The fourth-order valence-electron chi connectivity index (χ4n) is 2.73. The van der Waals surface area contributed by atoms with Gasteiger partial charge in [0.05, 0.1) is 17.4 Å². The van der Waals surface area contributed by atoms with Gasteiger partial charge in [0.2, 0.25) is 5.91 Å². The molecule has 1 amide bonds. The SMILES string of the molecule is Cc1ccc(NC(=O)Cn2ncn3nccc3c2=O)c2cccnc12. The van der Waals surface area contributed by atoms with E-state index in [2.05, 4.69) is 20.5 Å². The van der Waals surface area contributed by atoms with Crippen LogP contribution in [0.5, 0.6) is 0 Å². The summed E-state index contributed by atoms with van der Waals surface area (Å²) in [4.78, 5) is 29.0. The molecule has 1 aromatic carbocycles. The first kappa shape index (κ1) is 15.0. The molecule has 25 heavy (non-hydrogen) atoms. The average Bonchev–Trinajstić information content (AvgIpc) is 3.10. The molecule has 3 aromatic heterocycles. The van der Waals surface area contributed by atoms with E-state index >= 15 is 0 Å². The zero-order chi connectivity index (χ0) is 17.4. The summed E-state index contributed by atoms with van der Waals surface area (Å²) in [6, 6.07) is 9.02. The second-order valence-electron chi connectivity index (χ2n) is 5.63. The van der Waals surface area contributed by atoms with E-state index < -0.39 is 0 Å². The van der Waals surface area contributed by atoms with Crippen molar-refractivity contribution < 1.29 is 4.79 Å². The lowest BCUT2D eigenvalue weighted by atomic mass is 10.1. The second-order valence-corrected chi connectivity index (χ2v) is 5.63. The summed E-state index contributed by atoms with van der Waals surface area (Å²) < 4.78 is 2.48. The first-order chi connectivity index (χ1) is 12.1. The van der Waals surface area contributed by atoms with Crippen LogP contribution in [0.15, 0.2) is 53.8 Å². The van der Waals surface area contributed by atoms with Crippen LogP contribution in [0.4, 0.5) is 5.69 Å². The van der Waals surface area contributed by atoms with Crippen molar-refractivity contribution >= 4 is 28.0 Å². The van der Waals surface area contributed by atoms with Crippen LogP contribution >= 0.6 is 0 Å². The molecule has 0 aliphatic heterocycles. The number of carbonyl (C=O) groups is 1. The lowest BCUT2D eigenvalue weighted by molar-refractivity contribution is -0.117. The third-order valence-electron chi connectivity index (χ3n) is 3.96. The Bertz CT molecular complexity index is 1160. The van der Waals surface area contributed by atoms with Gasteiger partial charge in [0.25, 0.3) is 5.56 Å². The fourth-order valence-corrected chi connectivity index (χ4v) is 2.73. The highest BCUT2D eigenvalue weighted by atomic mass is 16.2. The van der Waals surface area contributed by atoms with Gasteiger partial charge in [-0.2, -0.15) is 10.2 Å². The number of pyridine rings is 1. The number of hydrogen-bond donors (Lipinski definition) is 1. The maximum atomic E-state index is 12.4. The topological polar surface area (TPSA) is 94.2 Å². The molecule has 0 bridgehead atoms. The zero-order valence-electron chi connectivity index (χ0n) is 13.4. The number of benzene rings is 1. The molecule has 0 saturated heterocycles. The number of rotatable bonds is 3. The number of carbonyl (C=O) groups excluding carboxylic acids is 1. The normalized spacial score (nSPS) is 11.1. The Hall–Kier alpha value is -3.55. The van der Waals surface area contributed by atoms with Crippen molar-refractivity contribution in [3.63, 3.8) is 0 Å². The molecule has 0 saturated carbocycles. The molecule has 0 spiro atoms. The molecule has 0 aliphatic rings. The van der Waals surface area contributed by atoms with Crippen molar-refractivity contribution in [2.45, 2.75) is 13.5 Å². The molecule has 0 aliphatic carbocycles. The minimum Gasteiger partial charge on any atom is -0.324 e.